The Morgan fingerprint density at radius 1 is 1.27 bits per heavy atom. The van der Waals surface area contributed by atoms with E-state index in [2.05, 4.69) is 28.5 Å². The van der Waals surface area contributed by atoms with Gasteiger partial charge in [-0.3, -0.25) is 14.7 Å². The molecule has 1 aliphatic carbocycles. The number of hydrogen-bond donors (Lipinski definition) is 1. The number of hydrogen-bond acceptors (Lipinski definition) is 4. The summed E-state index contributed by atoms with van der Waals surface area (Å²) in [7, 11) is 0. The summed E-state index contributed by atoms with van der Waals surface area (Å²) >= 11 is 1.54. The minimum Gasteiger partial charge on any atom is -0.326 e. The Kier molecular flexibility index (Phi) is 3.42. The lowest BCUT2D eigenvalue weighted by Gasteiger charge is -2.20. The number of nitrogens with zero attached hydrogens (tertiary/aromatic N) is 2. The van der Waals surface area contributed by atoms with Crippen molar-refractivity contribution in [2.45, 2.75) is 19.3 Å². The molecule has 0 spiro atoms. The minimum absolute atomic E-state index is 0.0255. The van der Waals surface area contributed by atoms with Gasteiger partial charge in [-0.25, -0.2) is 0 Å². The van der Waals surface area contributed by atoms with E-state index in [1.807, 2.05) is 16.8 Å². The highest BCUT2D eigenvalue weighted by molar-refractivity contribution is 7.08. The lowest BCUT2D eigenvalue weighted by Crippen LogP contribution is -2.38. The summed E-state index contributed by atoms with van der Waals surface area (Å²) in [5.41, 5.74) is 4.62. The maximum Gasteiger partial charge on any atom is 0.261 e. The summed E-state index contributed by atoms with van der Waals surface area (Å²) in [6.07, 6.45) is 3.46. The molecule has 0 bridgehead atoms. The number of benzene rings is 1. The Labute approximate surface area is 133 Å². The van der Waals surface area contributed by atoms with Crippen molar-refractivity contribution < 1.29 is 4.79 Å². The number of thiophene rings is 1. The average molecular weight is 311 g/mol. The first-order chi connectivity index (χ1) is 10.8. The third-order valence-electron chi connectivity index (χ3n) is 4.25. The third-order valence-corrected chi connectivity index (χ3v) is 4.93. The fourth-order valence-corrected chi connectivity index (χ4v) is 3.78. The summed E-state index contributed by atoms with van der Waals surface area (Å²) in [4.78, 5) is 18.8. The van der Waals surface area contributed by atoms with Gasteiger partial charge < -0.3 is 5.32 Å². The van der Waals surface area contributed by atoms with Gasteiger partial charge in [-0.2, -0.15) is 11.3 Å². The molecule has 0 fully saturated rings. The van der Waals surface area contributed by atoms with E-state index in [0.29, 0.717) is 19.0 Å². The van der Waals surface area contributed by atoms with Crippen molar-refractivity contribution in [2.24, 2.45) is 4.99 Å². The number of guanidine groups is 1. The lowest BCUT2D eigenvalue weighted by molar-refractivity contribution is 0.0858. The number of nitrogens with one attached hydrogen (secondary N) is 1. The maximum atomic E-state index is 12.6. The van der Waals surface area contributed by atoms with E-state index >= 15 is 0 Å². The molecule has 5 heteroatoms. The second-order valence-corrected chi connectivity index (χ2v) is 6.38. The quantitative estimate of drug-likeness (QED) is 0.926. The average Bonchev–Trinajstić information content (AvgIpc) is 3.28. The molecule has 4 rings (SSSR count). The first-order valence-electron chi connectivity index (χ1n) is 7.59. The number of aryl methyl sites for hydroxylation is 1. The van der Waals surface area contributed by atoms with Crippen LogP contribution in [-0.4, -0.2) is 29.9 Å². The molecular formula is C17H17N3OS. The number of anilines is 1. The van der Waals surface area contributed by atoms with E-state index < -0.39 is 0 Å². The van der Waals surface area contributed by atoms with Crippen molar-refractivity contribution in [3.8, 4) is 0 Å². The van der Waals surface area contributed by atoms with Crippen LogP contribution in [0.15, 0.2) is 40.0 Å². The molecule has 1 aliphatic heterocycles. The molecule has 0 saturated carbocycles. The Morgan fingerprint density at radius 3 is 3.09 bits per heavy atom. The Balaban J connectivity index is 1.58. The molecule has 1 aromatic carbocycles. The van der Waals surface area contributed by atoms with Crippen LogP contribution in [0.5, 0.6) is 0 Å². The number of fused-ring (bicyclic) bond motifs is 1. The van der Waals surface area contributed by atoms with Gasteiger partial charge in [-0.15, -0.1) is 0 Å². The van der Waals surface area contributed by atoms with Gasteiger partial charge in [0.25, 0.3) is 5.91 Å². The number of carbonyl (C=O) groups excluding carboxylic acids is 1. The molecule has 1 N–H and O–H groups in total. The Morgan fingerprint density at radius 2 is 2.23 bits per heavy atom. The van der Waals surface area contributed by atoms with Crippen LogP contribution < -0.4 is 5.32 Å². The van der Waals surface area contributed by atoms with Gasteiger partial charge in [0.15, 0.2) is 0 Å². The van der Waals surface area contributed by atoms with Crippen LogP contribution in [0.4, 0.5) is 5.69 Å². The first kappa shape index (κ1) is 13.5. The molecule has 1 aromatic heterocycles. The highest BCUT2D eigenvalue weighted by atomic mass is 32.1. The van der Waals surface area contributed by atoms with Gasteiger partial charge in [0, 0.05) is 17.6 Å². The number of carbonyl (C=O) groups is 1. The van der Waals surface area contributed by atoms with Crippen molar-refractivity contribution in [1.82, 2.24) is 4.90 Å². The lowest BCUT2D eigenvalue weighted by atomic mass is 10.1. The second kappa shape index (κ2) is 5.57. The van der Waals surface area contributed by atoms with Gasteiger partial charge in [0.1, 0.15) is 0 Å². The summed E-state index contributed by atoms with van der Waals surface area (Å²) in [6.45, 7) is 1.30. The number of rotatable bonds is 2. The van der Waals surface area contributed by atoms with Crippen LogP contribution in [-0.2, 0) is 12.8 Å². The van der Waals surface area contributed by atoms with E-state index in [4.69, 9.17) is 0 Å². The van der Waals surface area contributed by atoms with Crippen LogP contribution in [0.25, 0.3) is 0 Å². The van der Waals surface area contributed by atoms with Gasteiger partial charge in [0.05, 0.1) is 12.1 Å². The van der Waals surface area contributed by atoms with Crippen LogP contribution in [0.2, 0.25) is 0 Å². The van der Waals surface area contributed by atoms with Crippen molar-refractivity contribution in [1.29, 1.82) is 0 Å². The maximum absolute atomic E-state index is 12.6. The van der Waals surface area contributed by atoms with Gasteiger partial charge >= 0.3 is 0 Å². The zero-order chi connectivity index (χ0) is 14.9. The number of amides is 1. The minimum atomic E-state index is 0.0255. The fraction of sp³-hybridized carbons (Fsp3) is 0.294. The molecule has 2 heterocycles. The molecule has 22 heavy (non-hydrogen) atoms. The first-order valence-corrected chi connectivity index (χ1v) is 8.53. The van der Waals surface area contributed by atoms with Crippen molar-refractivity contribution in [3.05, 3.63) is 51.7 Å². The van der Waals surface area contributed by atoms with E-state index in [9.17, 15) is 4.79 Å². The highest BCUT2D eigenvalue weighted by Crippen LogP contribution is 2.29. The standard InChI is InChI=1S/C17H17N3OS/c21-16(13-7-10-22-11-13)20-9-8-18-17(20)19-15-6-2-4-12-3-1-5-14(12)15/h2,4,6-7,10-11H,1,3,5,8-9H2,(H,18,19). The smallest absolute Gasteiger partial charge is 0.261 e. The second-order valence-electron chi connectivity index (χ2n) is 5.60. The summed E-state index contributed by atoms with van der Waals surface area (Å²) in [6, 6.07) is 8.21. The summed E-state index contributed by atoms with van der Waals surface area (Å²) in [5.74, 6) is 0.703. The highest BCUT2D eigenvalue weighted by Gasteiger charge is 2.26. The zero-order valence-corrected chi connectivity index (χ0v) is 13.0. The fourth-order valence-electron chi connectivity index (χ4n) is 3.15. The van der Waals surface area contributed by atoms with E-state index in [-0.39, 0.29) is 5.91 Å². The number of aliphatic imine (C=N–C) groups is 1. The predicted octanol–water partition coefficient (Wildman–Crippen LogP) is 3.16. The topological polar surface area (TPSA) is 44.7 Å². The summed E-state index contributed by atoms with van der Waals surface area (Å²) < 4.78 is 0. The molecule has 0 saturated heterocycles. The molecular weight excluding hydrogens is 294 g/mol. The molecule has 0 radical (unpaired) electrons. The third kappa shape index (κ3) is 2.31. The van der Waals surface area contributed by atoms with E-state index in [1.165, 1.54) is 17.5 Å². The van der Waals surface area contributed by atoms with E-state index in [1.54, 1.807) is 16.2 Å². The molecule has 2 aromatic rings. The van der Waals surface area contributed by atoms with E-state index in [0.717, 1.165) is 24.1 Å². The van der Waals surface area contributed by atoms with Crippen LogP contribution in [0.1, 0.15) is 27.9 Å². The molecule has 112 valence electrons. The molecule has 0 atom stereocenters. The largest absolute Gasteiger partial charge is 0.326 e. The molecule has 0 unspecified atom stereocenters. The SMILES string of the molecule is O=C(c1ccsc1)N1CCN=C1Nc1cccc2c1CCC2. The zero-order valence-electron chi connectivity index (χ0n) is 12.2. The summed E-state index contributed by atoms with van der Waals surface area (Å²) in [5, 5.41) is 7.21. The van der Waals surface area contributed by atoms with Gasteiger partial charge in [0.2, 0.25) is 5.96 Å². The Hall–Kier alpha value is -2.14. The van der Waals surface area contributed by atoms with Crippen LogP contribution in [0.3, 0.4) is 0 Å². The monoisotopic (exact) mass is 311 g/mol. The van der Waals surface area contributed by atoms with Gasteiger partial charge in [-0.05, 0) is 47.9 Å². The van der Waals surface area contributed by atoms with Crippen LogP contribution >= 0.6 is 11.3 Å². The van der Waals surface area contributed by atoms with Crippen LogP contribution in [0, 0.1) is 0 Å². The normalized spacial score (nSPS) is 16.5. The van der Waals surface area contributed by atoms with Crippen molar-refractivity contribution in [3.63, 3.8) is 0 Å². The Bertz CT molecular complexity index is 736. The van der Waals surface area contributed by atoms with Crippen molar-refractivity contribution in [2.75, 3.05) is 18.4 Å². The van der Waals surface area contributed by atoms with Crippen molar-refractivity contribution >= 4 is 28.9 Å². The predicted molar refractivity (Wildman–Crippen MR) is 89.7 cm³/mol. The van der Waals surface area contributed by atoms with Gasteiger partial charge in [-0.1, -0.05) is 12.1 Å². The molecule has 4 nitrogen and oxygen atoms in total. The molecule has 1 amide bonds. The molecule has 2 aliphatic rings.